The van der Waals surface area contributed by atoms with Gasteiger partial charge in [0.05, 0.1) is 5.75 Å². The molecule has 0 saturated heterocycles. The molecule has 0 saturated carbocycles. The lowest BCUT2D eigenvalue weighted by Crippen LogP contribution is -2.41. The number of carboxylic acids is 1. The summed E-state index contributed by atoms with van der Waals surface area (Å²) in [5.74, 6) is -1.36. The molecule has 0 bridgehead atoms. The van der Waals surface area contributed by atoms with E-state index < -0.39 is 28.6 Å². The van der Waals surface area contributed by atoms with Crippen LogP contribution in [0.1, 0.15) is 19.4 Å². The second-order valence-electron chi connectivity index (χ2n) is 4.42. The average Bonchev–Trinajstić information content (AvgIpc) is 2.28. The Labute approximate surface area is 121 Å². The zero-order valence-electron chi connectivity index (χ0n) is 10.7. The Morgan fingerprint density at radius 2 is 1.84 bits per heavy atom. The largest absolute Gasteiger partial charge is 0.480 e. The lowest BCUT2D eigenvalue weighted by molar-refractivity contribution is -0.137. The molecule has 1 aromatic rings. The molecule has 0 spiro atoms. The van der Waals surface area contributed by atoms with Gasteiger partial charge in [-0.25, -0.2) is 8.42 Å². The lowest BCUT2D eigenvalue weighted by Gasteiger charge is -2.24. The quantitative estimate of drug-likeness (QED) is 0.852. The molecule has 0 unspecified atom stereocenters. The first-order chi connectivity index (χ1) is 8.72. The van der Waals surface area contributed by atoms with Gasteiger partial charge in [-0.3, -0.25) is 4.79 Å². The summed E-state index contributed by atoms with van der Waals surface area (Å²) in [5, 5.41) is 8.79. The molecule has 7 heteroatoms. The summed E-state index contributed by atoms with van der Waals surface area (Å²) in [7, 11) is -3.65. The molecule has 0 atom stereocenters. The number of carbonyl (C=O) groups is 1. The van der Waals surface area contributed by atoms with E-state index >= 15 is 0 Å². The number of hydrogen-bond donors (Lipinski definition) is 1. The SMILES string of the molecule is CC(C)N(CC(=O)O)S(=O)(=O)Cc1ccc(Br)cc1. The van der Waals surface area contributed by atoms with E-state index in [0.717, 1.165) is 8.78 Å². The molecule has 0 aliphatic rings. The number of rotatable bonds is 6. The molecule has 0 heterocycles. The molecule has 0 aliphatic carbocycles. The molecule has 19 heavy (non-hydrogen) atoms. The number of benzene rings is 1. The smallest absolute Gasteiger partial charge is 0.318 e. The van der Waals surface area contributed by atoms with E-state index in [1.54, 1.807) is 38.1 Å². The fraction of sp³-hybridized carbons (Fsp3) is 0.417. The number of sulfonamides is 1. The van der Waals surface area contributed by atoms with Crippen molar-refractivity contribution >= 4 is 31.9 Å². The van der Waals surface area contributed by atoms with Gasteiger partial charge in [0.1, 0.15) is 6.54 Å². The van der Waals surface area contributed by atoms with Crippen molar-refractivity contribution in [1.82, 2.24) is 4.31 Å². The van der Waals surface area contributed by atoms with Crippen molar-refractivity contribution in [3.63, 3.8) is 0 Å². The zero-order valence-corrected chi connectivity index (χ0v) is 13.1. The van der Waals surface area contributed by atoms with Crippen LogP contribution in [0, 0.1) is 0 Å². The Balaban J connectivity index is 2.94. The Bertz CT molecular complexity index is 539. The fourth-order valence-electron chi connectivity index (χ4n) is 1.61. The van der Waals surface area contributed by atoms with Crippen LogP contribution in [0.5, 0.6) is 0 Å². The van der Waals surface area contributed by atoms with Crippen LogP contribution in [-0.2, 0) is 20.6 Å². The molecule has 0 aliphatic heterocycles. The van der Waals surface area contributed by atoms with Gasteiger partial charge in [0.15, 0.2) is 0 Å². The highest BCUT2D eigenvalue weighted by Gasteiger charge is 2.27. The van der Waals surface area contributed by atoms with Crippen LogP contribution in [0.2, 0.25) is 0 Å². The van der Waals surface area contributed by atoms with Crippen LogP contribution in [-0.4, -0.2) is 36.4 Å². The van der Waals surface area contributed by atoms with E-state index in [2.05, 4.69) is 15.9 Å². The summed E-state index contributed by atoms with van der Waals surface area (Å²) in [5.41, 5.74) is 0.624. The van der Waals surface area contributed by atoms with E-state index in [4.69, 9.17) is 5.11 Å². The van der Waals surface area contributed by atoms with Gasteiger partial charge in [-0.05, 0) is 31.5 Å². The van der Waals surface area contributed by atoms with E-state index in [9.17, 15) is 13.2 Å². The number of halogens is 1. The minimum atomic E-state index is -3.65. The number of hydrogen-bond acceptors (Lipinski definition) is 3. The van der Waals surface area contributed by atoms with Gasteiger partial charge in [0.2, 0.25) is 10.0 Å². The highest BCUT2D eigenvalue weighted by molar-refractivity contribution is 9.10. The van der Waals surface area contributed by atoms with Crippen molar-refractivity contribution in [3.05, 3.63) is 34.3 Å². The molecule has 1 N–H and O–H groups in total. The maximum atomic E-state index is 12.2. The summed E-state index contributed by atoms with van der Waals surface area (Å²) in [6.45, 7) is 2.79. The summed E-state index contributed by atoms with van der Waals surface area (Å²) in [6, 6.07) is 6.50. The molecule has 0 fully saturated rings. The van der Waals surface area contributed by atoms with Crippen molar-refractivity contribution in [2.24, 2.45) is 0 Å². The first-order valence-corrected chi connectivity index (χ1v) is 8.08. The van der Waals surface area contributed by atoms with E-state index in [1.807, 2.05) is 0 Å². The third kappa shape index (κ3) is 4.93. The van der Waals surface area contributed by atoms with Gasteiger partial charge in [-0.15, -0.1) is 0 Å². The van der Waals surface area contributed by atoms with Crippen molar-refractivity contribution in [3.8, 4) is 0 Å². The van der Waals surface area contributed by atoms with Gasteiger partial charge in [0.25, 0.3) is 0 Å². The Morgan fingerprint density at radius 3 is 2.26 bits per heavy atom. The molecule has 5 nitrogen and oxygen atoms in total. The summed E-state index contributed by atoms with van der Waals surface area (Å²) in [4.78, 5) is 10.7. The monoisotopic (exact) mass is 349 g/mol. The van der Waals surface area contributed by atoms with E-state index in [1.165, 1.54) is 0 Å². The minimum Gasteiger partial charge on any atom is -0.480 e. The highest BCUT2D eigenvalue weighted by Crippen LogP contribution is 2.16. The highest BCUT2D eigenvalue weighted by atomic mass is 79.9. The second-order valence-corrected chi connectivity index (χ2v) is 7.25. The molecule has 0 radical (unpaired) electrons. The van der Waals surface area contributed by atoms with E-state index in [-0.39, 0.29) is 5.75 Å². The lowest BCUT2D eigenvalue weighted by atomic mass is 10.2. The number of carboxylic acid groups (broad SMARTS) is 1. The maximum Gasteiger partial charge on any atom is 0.318 e. The van der Waals surface area contributed by atoms with Crippen LogP contribution in [0.4, 0.5) is 0 Å². The standard InChI is InChI=1S/C12H16BrNO4S/c1-9(2)14(7-12(15)16)19(17,18)8-10-3-5-11(13)6-4-10/h3-6,9H,7-8H2,1-2H3,(H,15,16). The van der Waals surface area contributed by atoms with Crippen molar-refractivity contribution < 1.29 is 18.3 Å². The molecule has 1 rings (SSSR count). The van der Waals surface area contributed by atoms with Crippen molar-refractivity contribution in [2.45, 2.75) is 25.6 Å². The summed E-state index contributed by atoms with van der Waals surface area (Å²) in [6.07, 6.45) is 0. The summed E-state index contributed by atoms with van der Waals surface area (Å²) < 4.78 is 26.3. The number of aliphatic carboxylic acids is 1. The Hall–Kier alpha value is -0.920. The van der Waals surface area contributed by atoms with Crippen LogP contribution < -0.4 is 0 Å². The van der Waals surface area contributed by atoms with Crippen molar-refractivity contribution in [1.29, 1.82) is 0 Å². The summed E-state index contributed by atoms with van der Waals surface area (Å²) >= 11 is 3.27. The predicted molar refractivity (Wildman–Crippen MR) is 76.2 cm³/mol. The first kappa shape index (κ1) is 16.1. The molecule has 1 aromatic carbocycles. The fourth-order valence-corrected chi connectivity index (χ4v) is 3.60. The Kier molecular flexibility index (Phi) is 5.51. The zero-order chi connectivity index (χ0) is 14.6. The Morgan fingerprint density at radius 1 is 1.32 bits per heavy atom. The maximum absolute atomic E-state index is 12.2. The van der Waals surface area contributed by atoms with Crippen LogP contribution in [0.15, 0.2) is 28.7 Å². The van der Waals surface area contributed by atoms with E-state index in [0.29, 0.717) is 5.56 Å². The second kappa shape index (κ2) is 6.49. The van der Waals surface area contributed by atoms with Gasteiger partial charge in [-0.2, -0.15) is 4.31 Å². The van der Waals surface area contributed by atoms with Crippen molar-refractivity contribution in [2.75, 3.05) is 6.54 Å². The van der Waals surface area contributed by atoms with Crippen LogP contribution in [0.25, 0.3) is 0 Å². The molecule has 0 aromatic heterocycles. The normalized spacial score (nSPS) is 12.1. The predicted octanol–water partition coefficient (Wildman–Crippen LogP) is 2.07. The minimum absolute atomic E-state index is 0.203. The molecular formula is C12H16BrNO4S. The van der Waals surface area contributed by atoms with Crippen LogP contribution in [0.3, 0.4) is 0 Å². The molecular weight excluding hydrogens is 334 g/mol. The van der Waals surface area contributed by atoms with Crippen LogP contribution >= 0.6 is 15.9 Å². The first-order valence-electron chi connectivity index (χ1n) is 5.68. The van der Waals surface area contributed by atoms with Gasteiger partial charge >= 0.3 is 5.97 Å². The number of nitrogens with zero attached hydrogens (tertiary/aromatic N) is 1. The van der Waals surface area contributed by atoms with Gasteiger partial charge < -0.3 is 5.11 Å². The topological polar surface area (TPSA) is 74.7 Å². The molecule has 0 amide bonds. The third-order valence-corrected chi connectivity index (χ3v) is 4.98. The van der Waals surface area contributed by atoms with Gasteiger partial charge in [-0.1, -0.05) is 28.1 Å². The molecule has 106 valence electrons. The third-order valence-electron chi connectivity index (χ3n) is 2.49. The van der Waals surface area contributed by atoms with Gasteiger partial charge in [0, 0.05) is 10.5 Å². The average molecular weight is 350 g/mol.